The Morgan fingerprint density at radius 1 is 1.10 bits per heavy atom. The van der Waals surface area contributed by atoms with Gasteiger partial charge in [-0.2, -0.15) is 0 Å². The fourth-order valence-electron chi connectivity index (χ4n) is 1.77. The molecule has 0 aliphatic rings. The molecule has 0 heterocycles. The summed E-state index contributed by atoms with van der Waals surface area (Å²) >= 11 is 1.28. The zero-order chi connectivity index (χ0) is 15.1. The highest BCUT2D eigenvalue weighted by molar-refractivity contribution is 7.99. The molecule has 0 saturated heterocycles. The molecule has 0 unspecified atom stereocenters. The topological polar surface area (TPSA) is 21.3 Å². The van der Waals surface area contributed by atoms with Crippen molar-refractivity contribution >= 4 is 11.8 Å². The Hall–Kier alpha value is -1.43. The van der Waals surface area contributed by atoms with Crippen molar-refractivity contribution in [2.24, 2.45) is 0 Å². The second-order valence-corrected chi connectivity index (χ2v) is 5.61. The number of ether oxygens (including phenoxy) is 1. The molecule has 1 N–H and O–H groups in total. The number of halogens is 2. The van der Waals surface area contributed by atoms with Crippen LogP contribution in [0.3, 0.4) is 0 Å². The van der Waals surface area contributed by atoms with Gasteiger partial charge in [-0.05, 0) is 29.8 Å². The zero-order valence-corrected chi connectivity index (χ0v) is 12.6. The molecule has 0 saturated carbocycles. The SMILES string of the molecule is COCCNCc1ccc(Sc2ccc(F)cc2F)cc1. The van der Waals surface area contributed by atoms with Crippen molar-refractivity contribution in [1.29, 1.82) is 0 Å². The fraction of sp³-hybridized carbons (Fsp3) is 0.250. The van der Waals surface area contributed by atoms with Crippen molar-refractivity contribution in [3.63, 3.8) is 0 Å². The summed E-state index contributed by atoms with van der Waals surface area (Å²) in [6.07, 6.45) is 0. The summed E-state index contributed by atoms with van der Waals surface area (Å²) in [5.41, 5.74) is 1.15. The Kier molecular flexibility index (Phi) is 6.17. The number of methoxy groups -OCH3 is 1. The van der Waals surface area contributed by atoms with Crippen LogP contribution in [0.1, 0.15) is 5.56 Å². The van der Waals surface area contributed by atoms with Gasteiger partial charge in [-0.25, -0.2) is 8.78 Å². The summed E-state index contributed by atoms with van der Waals surface area (Å²) in [5.74, 6) is -1.10. The molecule has 0 spiro atoms. The van der Waals surface area contributed by atoms with Gasteiger partial charge in [0.05, 0.1) is 6.61 Å². The van der Waals surface area contributed by atoms with E-state index in [0.717, 1.165) is 29.6 Å². The minimum atomic E-state index is -0.561. The van der Waals surface area contributed by atoms with Crippen LogP contribution >= 0.6 is 11.8 Å². The summed E-state index contributed by atoms with van der Waals surface area (Å²) in [6, 6.07) is 11.5. The lowest BCUT2D eigenvalue weighted by Crippen LogP contribution is -2.18. The van der Waals surface area contributed by atoms with Crippen LogP contribution < -0.4 is 5.32 Å². The van der Waals surface area contributed by atoms with E-state index in [2.05, 4.69) is 5.32 Å². The maximum absolute atomic E-state index is 13.6. The van der Waals surface area contributed by atoms with E-state index in [9.17, 15) is 8.78 Å². The maximum atomic E-state index is 13.6. The lowest BCUT2D eigenvalue weighted by atomic mass is 10.2. The van der Waals surface area contributed by atoms with E-state index in [-0.39, 0.29) is 0 Å². The van der Waals surface area contributed by atoms with Gasteiger partial charge in [0, 0.05) is 36.1 Å². The van der Waals surface area contributed by atoms with Crippen LogP contribution in [-0.2, 0) is 11.3 Å². The van der Waals surface area contributed by atoms with Crippen LogP contribution in [0.25, 0.3) is 0 Å². The molecule has 0 bridgehead atoms. The molecule has 0 fully saturated rings. The van der Waals surface area contributed by atoms with Crippen LogP contribution in [-0.4, -0.2) is 20.3 Å². The van der Waals surface area contributed by atoms with Crippen LogP contribution in [0.15, 0.2) is 52.3 Å². The van der Waals surface area contributed by atoms with Gasteiger partial charge in [0.1, 0.15) is 11.6 Å². The molecule has 2 aromatic carbocycles. The van der Waals surface area contributed by atoms with E-state index in [4.69, 9.17) is 4.74 Å². The van der Waals surface area contributed by atoms with Gasteiger partial charge in [-0.3, -0.25) is 0 Å². The third-order valence-electron chi connectivity index (χ3n) is 2.86. The average molecular weight is 309 g/mol. The molecule has 0 aliphatic carbocycles. The molecule has 0 radical (unpaired) electrons. The van der Waals surface area contributed by atoms with E-state index >= 15 is 0 Å². The van der Waals surface area contributed by atoms with Crippen molar-refractivity contribution in [2.45, 2.75) is 16.3 Å². The number of nitrogens with one attached hydrogen (secondary N) is 1. The number of rotatable bonds is 7. The van der Waals surface area contributed by atoms with Gasteiger partial charge in [0.15, 0.2) is 0 Å². The molecule has 5 heteroatoms. The van der Waals surface area contributed by atoms with Crippen molar-refractivity contribution in [3.8, 4) is 0 Å². The van der Waals surface area contributed by atoms with E-state index in [0.29, 0.717) is 11.5 Å². The molecule has 2 rings (SSSR count). The zero-order valence-electron chi connectivity index (χ0n) is 11.7. The summed E-state index contributed by atoms with van der Waals surface area (Å²) in [7, 11) is 1.67. The molecule has 0 aliphatic heterocycles. The first-order valence-electron chi connectivity index (χ1n) is 6.60. The Balaban J connectivity index is 1.92. The van der Waals surface area contributed by atoms with Crippen LogP contribution in [0.5, 0.6) is 0 Å². The lowest BCUT2D eigenvalue weighted by Gasteiger charge is -2.06. The van der Waals surface area contributed by atoms with Crippen molar-refractivity contribution in [2.75, 3.05) is 20.3 Å². The van der Waals surface area contributed by atoms with Gasteiger partial charge in [0.2, 0.25) is 0 Å². The standard InChI is InChI=1S/C16H17F2NOS/c1-20-9-8-19-11-12-2-5-14(6-3-12)21-16-7-4-13(17)10-15(16)18/h2-7,10,19H,8-9,11H2,1H3. The number of benzene rings is 2. The minimum Gasteiger partial charge on any atom is -0.383 e. The van der Waals surface area contributed by atoms with Gasteiger partial charge >= 0.3 is 0 Å². The largest absolute Gasteiger partial charge is 0.383 e. The molecule has 2 nitrogen and oxygen atoms in total. The van der Waals surface area contributed by atoms with E-state index in [1.54, 1.807) is 7.11 Å². The van der Waals surface area contributed by atoms with Crippen molar-refractivity contribution in [3.05, 3.63) is 59.7 Å². The highest BCUT2D eigenvalue weighted by atomic mass is 32.2. The van der Waals surface area contributed by atoms with E-state index in [1.165, 1.54) is 23.9 Å². The van der Waals surface area contributed by atoms with Gasteiger partial charge in [0.25, 0.3) is 0 Å². The molecular formula is C16H17F2NOS. The summed E-state index contributed by atoms with van der Waals surface area (Å²) < 4.78 is 31.4. The van der Waals surface area contributed by atoms with Crippen LogP contribution in [0.4, 0.5) is 8.78 Å². The highest BCUT2D eigenvalue weighted by Crippen LogP contribution is 2.30. The fourth-order valence-corrected chi connectivity index (χ4v) is 2.59. The van der Waals surface area contributed by atoms with Crippen molar-refractivity contribution < 1.29 is 13.5 Å². The highest BCUT2D eigenvalue weighted by Gasteiger charge is 2.05. The smallest absolute Gasteiger partial charge is 0.140 e. The van der Waals surface area contributed by atoms with E-state index in [1.807, 2.05) is 24.3 Å². The molecular weight excluding hydrogens is 292 g/mol. The second kappa shape index (κ2) is 8.12. The molecule has 112 valence electrons. The summed E-state index contributed by atoms with van der Waals surface area (Å²) in [6.45, 7) is 2.24. The van der Waals surface area contributed by atoms with Crippen LogP contribution in [0.2, 0.25) is 0 Å². The average Bonchev–Trinajstić information content (AvgIpc) is 2.48. The summed E-state index contributed by atoms with van der Waals surface area (Å²) in [5, 5.41) is 3.25. The Bertz CT molecular complexity index is 575. The first-order chi connectivity index (χ1) is 10.2. The molecule has 0 aromatic heterocycles. The second-order valence-electron chi connectivity index (χ2n) is 4.49. The molecule has 21 heavy (non-hydrogen) atoms. The summed E-state index contributed by atoms with van der Waals surface area (Å²) in [4.78, 5) is 1.34. The predicted octanol–water partition coefficient (Wildman–Crippen LogP) is 3.85. The monoisotopic (exact) mass is 309 g/mol. The van der Waals surface area contributed by atoms with Crippen LogP contribution in [0, 0.1) is 11.6 Å². The van der Waals surface area contributed by atoms with Crippen molar-refractivity contribution in [1.82, 2.24) is 5.32 Å². The van der Waals surface area contributed by atoms with Gasteiger partial charge in [-0.15, -0.1) is 0 Å². The van der Waals surface area contributed by atoms with Gasteiger partial charge in [-0.1, -0.05) is 23.9 Å². The molecule has 0 amide bonds. The molecule has 2 aromatic rings. The first kappa shape index (κ1) is 15.9. The number of hydrogen-bond donors (Lipinski definition) is 1. The minimum absolute atomic E-state index is 0.419. The Labute approximate surface area is 127 Å². The third kappa shape index (κ3) is 5.12. The Morgan fingerprint density at radius 3 is 2.52 bits per heavy atom. The first-order valence-corrected chi connectivity index (χ1v) is 7.42. The van der Waals surface area contributed by atoms with E-state index < -0.39 is 11.6 Å². The normalized spacial score (nSPS) is 10.8. The Morgan fingerprint density at radius 2 is 1.86 bits per heavy atom. The number of hydrogen-bond acceptors (Lipinski definition) is 3. The third-order valence-corrected chi connectivity index (χ3v) is 3.92. The lowest BCUT2D eigenvalue weighted by molar-refractivity contribution is 0.199. The maximum Gasteiger partial charge on any atom is 0.140 e. The molecule has 0 atom stereocenters. The predicted molar refractivity (Wildman–Crippen MR) is 80.5 cm³/mol. The van der Waals surface area contributed by atoms with Gasteiger partial charge < -0.3 is 10.1 Å². The quantitative estimate of drug-likeness (QED) is 0.785.